The zero-order valence-electron chi connectivity index (χ0n) is 21.0. The first-order valence-electron chi connectivity index (χ1n) is 11.9. The Balaban J connectivity index is 1.52. The van der Waals surface area contributed by atoms with Gasteiger partial charge >= 0.3 is 0 Å². The van der Waals surface area contributed by atoms with Gasteiger partial charge in [-0.2, -0.15) is 0 Å². The molecule has 0 bridgehead atoms. The molecule has 40 heavy (non-hydrogen) atoms. The summed E-state index contributed by atoms with van der Waals surface area (Å²) in [4.78, 5) is 44.3. The second kappa shape index (κ2) is 11.1. The minimum Gasteiger partial charge on any atom is -0.493 e. The normalized spacial score (nSPS) is 13.3. The van der Waals surface area contributed by atoms with Gasteiger partial charge in [0, 0.05) is 12.1 Å². The molecule has 2 heterocycles. The number of carbonyl (C=O) groups excluding carboxylic acids is 2. The maximum atomic E-state index is 13.7. The van der Waals surface area contributed by atoms with E-state index in [0.29, 0.717) is 22.7 Å². The Hall–Kier alpha value is -5.42. The molecule has 1 saturated heterocycles. The van der Waals surface area contributed by atoms with Crippen molar-refractivity contribution in [1.82, 2.24) is 4.98 Å². The van der Waals surface area contributed by atoms with E-state index in [0.717, 1.165) is 6.20 Å². The maximum Gasteiger partial charge on any atom is 0.287 e. The summed E-state index contributed by atoms with van der Waals surface area (Å²) in [6, 6.07) is 25.2. The van der Waals surface area contributed by atoms with Gasteiger partial charge in [0.25, 0.3) is 17.5 Å². The number of thiocarbonyl (C=S) groups is 1. The number of nitro groups is 1. The van der Waals surface area contributed by atoms with Gasteiger partial charge in [-0.1, -0.05) is 42.5 Å². The highest BCUT2D eigenvalue weighted by Gasteiger charge is 2.41. The first-order valence-corrected chi connectivity index (χ1v) is 12.3. The van der Waals surface area contributed by atoms with Crippen LogP contribution in [0.15, 0.2) is 103 Å². The zero-order valence-corrected chi connectivity index (χ0v) is 21.8. The van der Waals surface area contributed by atoms with E-state index in [1.807, 2.05) is 12.1 Å². The van der Waals surface area contributed by atoms with Crippen molar-refractivity contribution in [3.63, 3.8) is 0 Å². The summed E-state index contributed by atoms with van der Waals surface area (Å²) < 4.78 is 11.2. The van der Waals surface area contributed by atoms with E-state index in [-0.39, 0.29) is 28.0 Å². The van der Waals surface area contributed by atoms with E-state index in [2.05, 4.69) is 4.98 Å². The highest BCUT2D eigenvalue weighted by molar-refractivity contribution is 7.81. The molecule has 0 atom stereocenters. The third kappa shape index (κ3) is 5.13. The van der Waals surface area contributed by atoms with Crippen molar-refractivity contribution in [3.05, 3.63) is 118 Å². The Kier molecular flexibility index (Phi) is 7.29. The molecule has 0 radical (unpaired) electrons. The van der Waals surface area contributed by atoms with Gasteiger partial charge in [0.1, 0.15) is 11.8 Å². The second-order valence-corrected chi connectivity index (χ2v) is 8.78. The summed E-state index contributed by atoms with van der Waals surface area (Å²) in [5.41, 5.74) is 1.26. The largest absolute Gasteiger partial charge is 0.493 e. The second-order valence-electron chi connectivity index (χ2n) is 8.42. The number of nitrogens with zero attached hydrogens (tertiary/aromatic N) is 4. The average Bonchev–Trinajstić information content (AvgIpc) is 2.97. The molecule has 0 spiro atoms. The lowest BCUT2D eigenvalue weighted by atomic mass is 10.0. The summed E-state index contributed by atoms with van der Waals surface area (Å²) in [7, 11) is 1.44. The highest BCUT2D eigenvalue weighted by atomic mass is 32.1. The molecule has 11 heteroatoms. The van der Waals surface area contributed by atoms with Crippen molar-refractivity contribution in [2.24, 2.45) is 0 Å². The average molecular weight is 553 g/mol. The van der Waals surface area contributed by atoms with Crippen molar-refractivity contribution < 1.29 is 24.0 Å². The van der Waals surface area contributed by atoms with Gasteiger partial charge in [-0.3, -0.25) is 29.5 Å². The summed E-state index contributed by atoms with van der Waals surface area (Å²) >= 11 is 5.63. The molecule has 0 saturated carbocycles. The lowest BCUT2D eigenvalue weighted by Crippen LogP contribution is -2.56. The fourth-order valence-electron chi connectivity index (χ4n) is 4.02. The van der Waals surface area contributed by atoms with Crippen LogP contribution in [-0.4, -0.2) is 33.9 Å². The van der Waals surface area contributed by atoms with Crippen LogP contribution in [-0.2, 0) is 9.59 Å². The third-order valence-corrected chi connectivity index (χ3v) is 6.29. The van der Waals surface area contributed by atoms with Crippen LogP contribution in [0, 0.1) is 10.1 Å². The van der Waals surface area contributed by atoms with Gasteiger partial charge in [0.15, 0.2) is 16.6 Å². The van der Waals surface area contributed by atoms with Crippen molar-refractivity contribution >= 4 is 52.3 Å². The Morgan fingerprint density at radius 1 is 0.850 bits per heavy atom. The van der Waals surface area contributed by atoms with E-state index in [1.165, 1.54) is 35.1 Å². The molecule has 1 aliphatic rings. The van der Waals surface area contributed by atoms with Crippen LogP contribution in [0.2, 0.25) is 0 Å². The molecule has 1 aromatic heterocycles. The van der Waals surface area contributed by atoms with Crippen LogP contribution >= 0.6 is 12.2 Å². The van der Waals surface area contributed by atoms with Gasteiger partial charge in [-0.05, 0) is 60.3 Å². The fourth-order valence-corrected chi connectivity index (χ4v) is 4.39. The Morgan fingerprint density at radius 2 is 1.45 bits per heavy atom. The maximum absolute atomic E-state index is 13.7. The number of carbonyl (C=O) groups is 2. The van der Waals surface area contributed by atoms with Crippen LogP contribution in [0.3, 0.4) is 0 Å². The predicted molar refractivity (Wildman–Crippen MR) is 152 cm³/mol. The standard InChI is InChI=1S/C29H20N4O6S/c1-38-25-17-19(12-14-24(25)39-26-15-13-22(18-30-26)33(36)37)16-23-27(34)31(20-8-4-2-5-9-20)29(40)32(28(23)35)21-10-6-3-7-11-21/h2-18H,1H3. The number of amides is 2. The van der Waals surface area contributed by atoms with Crippen LogP contribution in [0.25, 0.3) is 6.08 Å². The number of benzene rings is 3. The molecule has 198 valence electrons. The van der Waals surface area contributed by atoms with Gasteiger partial charge in [-0.15, -0.1) is 0 Å². The fraction of sp³-hybridized carbons (Fsp3) is 0.0345. The van der Waals surface area contributed by atoms with Gasteiger partial charge in [0.05, 0.1) is 23.4 Å². The van der Waals surface area contributed by atoms with Crippen LogP contribution in [0.5, 0.6) is 17.4 Å². The van der Waals surface area contributed by atoms with Crippen LogP contribution in [0.4, 0.5) is 17.1 Å². The number of methoxy groups -OCH3 is 1. The highest BCUT2D eigenvalue weighted by Crippen LogP contribution is 2.34. The quantitative estimate of drug-likeness (QED) is 0.0965. The van der Waals surface area contributed by atoms with E-state index in [4.69, 9.17) is 21.7 Å². The van der Waals surface area contributed by atoms with E-state index in [1.54, 1.807) is 66.7 Å². The molecule has 0 unspecified atom stereocenters. The number of anilines is 2. The zero-order chi connectivity index (χ0) is 28.2. The van der Waals surface area contributed by atoms with E-state index >= 15 is 0 Å². The van der Waals surface area contributed by atoms with Gasteiger partial charge in [-0.25, -0.2) is 4.98 Å². The Labute approximate surface area is 233 Å². The molecule has 1 aliphatic heterocycles. The topological polar surface area (TPSA) is 115 Å². The minimum absolute atomic E-state index is 0.0430. The summed E-state index contributed by atoms with van der Waals surface area (Å²) in [6.45, 7) is 0. The first kappa shape index (κ1) is 26.2. The molecule has 0 aliphatic carbocycles. The third-order valence-electron chi connectivity index (χ3n) is 5.92. The summed E-state index contributed by atoms with van der Waals surface area (Å²) in [5.74, 6) is -0.436. The van der Waals surface area contributed by atoms with E-state index in [9.17, 15) is 19.7 Å². The van der Waals surface area contributed by atoms with Crippen molar-refractivity contribution in [2.45, 2.75) is 0 Å². The SMILES string of the molecule is COc1cc(C=C2C(=O)N(c3ccccc3)C(=S)N(c3ccccc3)C2=O)ccc1Oc1ccc([N+](=O)[O-])cn1. The number of aromatic nitrogens is 1. The Morgan fingerprint density at radius 3 is 1.95 bits per heavy atom. The molecule has 5 rings (SSSR count). The molecule has 2 amide bonds. The lowest BCUT2D eigenvalue weighted by molar-refractivity contribution is -0.385. The van der Waals surface area contributed by atoms with E-state index < -0.39 is 16.7 Å². The number of rotatable bonds is 7. The Bertz CT molecular complexity index is 1580. The number of hydrogen-bond donors (Lipinski definition) is 0. The van der Waals surface area contributed by atoms with Crippen molar-refractivity contribution in [2.75, 3.05) is 16.9 Å². The van der Waals surface area contributed by atoms with Crippen molar-refractivity contribution in [1.29, 1.82) is 0 Å². The monoisotopic (exact) mass is 552 g/mol. The minimum atomic E-state index is -0.567. The lowest BCUT2D eigenvalue weighted by Gasteiger charge is -2.36. The molecule has 0 N–H and O–H groups in total. The molecule has 1 fully saturated rings. The van der Waals surface area contributed by atoms with Crippen LogP contribution in [0.1, 0.15) is 5.56 Å². The molecule has 3 aromatic carbocycles. The van der Waals surface area contributed by atoms with Gasteiger partial charge < -0.3 is 9.47 Å². The predicted octanol–water partition coefficient (Wildman–Crippen LogP) is 5.54. The molecule has 10 nitrogen and oxygen atoms in total. The number of hydrogen-bond acceptors (Lipinski definition) is 8. The van der Waals surface area contributed by atoms with Crippen molar-refractivity contribution in [3.8, 4) is 17.4 Å². The number of pyridine rings is 1. The molecular formula is C29H20N4O6S. The number of ether oxygens (including phenoxy) is 2. The summed E-state index contributed by atoms with van der Waals surface area (Å²) in [5, 5.41) is 10.9. The summed E-state index contributed by atoms with van der Waals surface area (Å²) in [6.07, 6.45) is 2.55. The molecular weight excluding hydrogens is 532 g/mol. The van der Waals surface area contributed by atoms with Gasteiger partial charge in [0.2, 0.25) is 5.88 Å². The smallest absolute Gasteiger partial charge is 0.287 e. The number of para-hydroxylation sites is 2. The molecule has 4 aromatic rings. The first-order chi connectivity index (χ1) is 19.4. The van der Waals surface area contributed by atoms with Crippen LogP contribution < -0.4 is 19.3 Å².